The number of carbonyl (C=O) groups is 2. The molecule has 1 amide bonds. The van der Waals surface area contributed by atoms with E-state index in [0.29, 0.717) is 16.8 Å². The van der Waals surface area contributed by atoms with Gasteiger partial charge in [-0.2, -0.15) is 10.1 Å². The topological polar surface area (TPSA) is 122 Å². The fraction of sp³-hybridized carbons (Fsp3) is 0.333. The molecular weight excluding hydrogens is 398 g/mol. The van der Waals surface area contributed by atoms with Gasteiger partial charge in [0, 0.05) is 24.4 Å². The van der Waals surface area contributed by atoms with Crippen LogP contribution in [0.5, 0.6) is 0 Å². The van der Waals surface area contributed by atoms with Crippen LogP contribution in [-0.2, 0) is 22.6 Å². The van der Waals surface area contributed by atoms with E-state index in [2.05, 4.69) is 10.1 Å². The summed E-state index contributed by atoms with van der Waals surface area (Å²) in [5.41, 5.74) is 1.49. The van der Waals surface area contributed by atoms with Crippen LogP contribution in [0.15, 0.2) is 29.3 Å². The molecular formula is C18H19N5O5S. The van der Waals surface area contributed by atoms with Crippen LogP contribution in [0.3, 0.4) is 0 Å². The van der Waals surface area contributed by atoms with E-state index in [0.717, 1.165) is 17.0 Å². The monoisotopic (exact) mass is 417 g/mol. The van der Waals surface area contributed by atoms with Crippen molar-refractivity contribution in [3.63, 3.8) is 0 Å². The van der Waals surface area contributed by atoms with E-state index in [4.69, 9.17) is 4.74 Å². The largest absolute Gasteiger partial charge is 0.465 e. The zero-order chi connectivity index (χ0) is 21.1. The van der Waals surface area contributed by atoms with Crippen molar-refractivity contribution in [3.8, 4) is 0 Å². The van der Waals surface area contributed by atoms with Crippen molar-refractivity contribution in [1.82, 2.24) is 14.3 Å². The second-order valence-electron chi connectivity index (χ2n) is 6.09. The summed E-state index contributed by atoms with van der Waals surface area (Å²) >= 11 is 1.08. The quantitative estimate of drug-likeness (QED) is 0.345. The molecule has 10 nitrogen and oxygen atoms in total. The van der Waals surface area contributed by atoms with Gasteiger partial charge in [-0.15, -0.1) is 0 Å². The molecule has 0 atom stereocenters. The Hall–Kier alpha value is -3.34. The Morgan fingerprint density at radius 2 is 2.07 bits per heavy atom. The first-order chi connectivity index (χ1) is 13.8. The molecule has 0 bridgehead atoms. The molecule has 0 unspecified atom stereocenters. The van der Waals surface area contributed by atoms with E-state index in [1.807, 2.05) is 13.8 Å². The fourth-order valence-corrected chi connectivity index (χ4v) is 3.89. The lowest BCUT2D eigenvalue weighted by molar-refractivity contribution is -0.384. The number of thiazole rings is 1. The summed E-state index contributed by atoms with van der Waals surface area (Å²) in [5, 5.41) is 15.3. The molecule has 1 aromatic carbocycles. The number of benzene rings is 1. The van der Waals surface area contributed by atoms with Crippen LogP contribution in [0, 0.1) is 17.0 Å². The minimum absolute atomic E-state index is 0.0859. The van der Waals surface area contributed by atoms with Gasteiger partial charge in [-0.05, 0) is 32.9 Å². The maximum Gasteiger partial charge on any atom is 0.326 e. The van der Waals surface area contributed by atoms with Crippen LogP contribution < -0.4 is 4.80 Å². The van der Waals surface area contributed by atoms with Crippen molar-refractivity contribution in [2.45, 2.75) is 33.9 Å². The number of nitro benzene ring substituents is 1. The number of ether oxygens (including phenoxy) is 1. The van der Waals surface area contributed by atoms with Crippen LogP contribution in [0.1, 0.15) is 30.0 Å². The summed E-state index contributed by atoms with van der Waals surface area (Å²) in [4.78, 5) is 39.6. The van der Waals surface area contributed by atoms with Crippen molar-refractivity contribution in [1.29, 1.82) is 0 Å². The molecule has 0 aliphatic carbocycles. The number of aryl methyl sites for hydroxylation is 2. The minimum atomic E-state index is -0.557. The van der Waals surface area contributed by atoms with Gasteiger partial charge in [0.25, 0.3) is 11.6 Å². The third kappa shape index (κ3) is 4.24. The maximum atomic E-state index is 12.6. The first-order valence-electron chi connectivity index (χ1n) is 8.91. The predicted octanol–water partition coefficient (Wildman–Crippen LogP) is 2.44. The van der Waals surface area contributed by atoms with E-state index in [-0.39, 0.29) is 29.3 Å². The number of nitro groups is 1. The number of fused-ring (bicyclic) bond motifs is 1. The summed E-state index contributed by atoms with van der Waals surface area (Å²) in [6.07, 6.45) is 0. The molecule has 29 heavy (non-hydrogen) atoms. The Bertz CT molecular complexity index is 1170. The van der Waals surface area contributed by atoms with Gasteiger partial charge in [-0.1, -0.05) is 11.3 Å². The molecule has 0 saturated carbocycles. The molecule has 3 aromatic rings. The van der Waals surface area contributed by atoms with Gasteiger partial charge in [-0.3, -0.25) is 24.4 Å². The van der Waals surface area contributed by atoms with Crippen molar-refractivity contribution in [2.24, 2.45) is 4.99 Å². The second-order valence-corrected chi connectivity index (χ2v) is 7.10. The van der Waals surface area contributed by atoms with Gasteiger partial charge < -0.3 is 9.30 Å². The highest BCUT2D eigenvalue weighted by molar-refractivity contribution is 7.16. The number of rotatable bonds is 6. The van der Waals surface area contributed by atoms with Crippen LogP contribution in [0.25, 0.3) is 10.2 Å². The number of amides is 1. The molecule has 0 N–H and O–H groups in total. The van der Waals surface area contributed by atoms with Gasteiger partial charge in [-0.25, -0.2) is 0 Å². The molecule has 0 radical (unpaired) electrons. The number of hydrogen-bond donors (Lipinski definition) is 0. The standard InChI is InChI=1S/C18H19N5O5S/c1-4-22-11(3)8-13(20-22)17(25)19-18-21(10-16(24)28-5-2)14-7-6-12(23(26)27)9-15(14)29-18/h6-9H,4-5,10H2,1-3H3. The molecule has 2 aromatic heterocycles. The summed E-state index contributed by atoms with van der Waals surface area (Å²) < 4.78 is 8.73. The molecule has 0 spiro atoms. The molecule has 0 aliphatic rings. The summed E-state index contributed by atoms with van der Waals surface area (Å²) in [6, 6.07) is 5.90. The van der Waals surface area contributed by atoms with Crippen LogP contribution >= 0.6 is 11.3 Å². The lowest BCUT2D eigenvalue weighted by Crippen LogP contribution is -2.23. The van der Waals surface area contributed by atoms with Crippen molar-refractivity contribution >= 4 is 39.1 Å². The smallest absolute Gasteiger partial charge is 0.326 e. The Labute approximate surface area is 169 Å². The normalized spacial score (nSPS) is 11.8. The van der Waals surface area contributed by atoms with Crippen molar-refractivity contribution in [3.05, 3.63) is 50.6 Å². The van der Waals surface area contributed by atoms with Gasteiger partial charge in [0.1, 0.15) is 6.54 Å². The summed E-state index contributed by atoms with van der Waals surface area (Å²) in [5.74, 6) is -1.05. The van der Waals surface area contributed by atoms with Crippen LogP contribution in [0.2, 0.25) is 0 Å². The maximum absolute atomic E-state index is 12.6. The Morgan fingerprint density at radius 1 is 1.31 bits per heavy atom. The summed E-state index contributed by atoms with van der Waals surface area (Å²) in [7, 11) is 0. The summed E-state index contributed by atoms with van der Waals surface area (Å²) in [6.45, 7) is 6.12. The molecule has 152 valence electrons. The van der Waals surface area contributed by atoms with Crippen LogP contribution in [0.4, 0.5) is 5.69 Å². The first kappa shape index (κ1) is 20.4. The zero-order valence-corrected chi connectivity index (χ0v) is 16.9. The molecule has 0 saturated heterocycles. The number of non-ortho nitro benzene ring substituents is 1. The van der Waals surface area contributed by atoms with E-state index in [1.165, 1.54) is 22.8 Å². The Kier molecular flexibility index (Phi) is 5.87. The van der Waals surface area contributed by atoms with E-state index in [1.54, 1.807) is 17.7 Å². The number of nitrogens with zero attached hydrogens (tertiary/aromatic N) is 5. The van der Waals surface area contributed by atoms with E-state index >= 15 is 0 Å². The predicted molar refractivity (Wildman–Crippen MR) is 106 cm³/mol. The number of carbonyl (C=O) groups excluding carboxylic acids is 2. The van der Waals surface area contributed by atoms with Crippen LogP contribution in [-0.4, -0.2) is 37.8 Å². The van der Waals surface area contributed by atoms with E-state index in [9.17, 15) is 19.7 Å². The molecule has 0 aliphatic heterocycles. The molecule has 3 rings (SSSR count). The van der Waals surface area contributed by atoms with Crippen molar-refractivity contribution in [2.75, 3.05) is 6.61 Å². The molecule has 2 heterocycles. The highest BCUT2D eigenvalue weighted by Crippen LogP contribution is 2.23. The lowest BCUT2D eigenvalue weighted by Gasteiger charge is -2.04. The third-order valence-corrected chi connectivity index (χ3v) is 5.21. The lowest BCUT2D eigenvalue weighted by atomic mass is 10.3. The van der Waals surface area contributed by atoms with Gasteiger partial charge in [0.2, 0.25) is 0 Å². The number of hydrogen-bond acceptors (Lipinski definition) is 7. The zero-order valence-electron chi connectivity index (χ0n) is 16.1. The Morgan fingerprint density at radius 3 is 2.69 bits per heavy atom. The fourth-order valence-electron chi connectivity index (χ4n) is 2.83. The average Bonchev–Trinajstić information content (AvgIpc) is 3.21. The SMILES string of the molecule is CCOC(=O)Cn1c(=NC(=O)c2cc(C)n(CC)n2)sc2cc([N+](=O)[O-])ccc21. The number of aromatic nitrogens is 3. The third-order valence-electron chi connectivity index (χ3n) is 4.17. The first-order valence-corrected chi connectivity index (χ1v) is 9.72. The average molecular weight is 417 g/mol. The molecule has 0 fully saturated rings. The van der Waals surface area contributed by atoms with Crippen molar-refractivity contribution < 1.29 is 19.2 Å². The number of esters is 1. The highest BCUT2D eigenvalue weighted by Gasteiger charge is 2.17. The van der Waals surface area contributed by atoms with Gasteiger partial charge in [0.05, 0.1) is 21.7 Å². The highest BCUT2D eigenvalue weighted by atomic mass is 32.1. The Balaban J connectivity index is 2.12. The molecule has 11 heteroatoms. The van der Waals surface area contributed by atoms with E-state index < -0.39 is 16.8 Å². The second kappa shape index (κ2) is 8.35. The minimum Gasteiger partial charge on any atom is -0.465 e. The van der Waals surface area contributed by atoms with Gasteiger partial charge in [0.15, 0.2) is 10.5 Å². The van der Waals surface area contributed by atoms with Gasteiger partial charge >= 0.3 is 5.97 Å².